The summed E-state index contributed by atoms with van der Waals surface area (Å²) in [6.45, 7) is 2.08. The smallest absolute Gasteiger partial charge is 0.264 e. The molecule has 0 atom stereocenters. The van der Waals surface area contributed by atoms with Crippen molar-refractivity contribution < 1.29 is 13.2 Å². The number of thioether (sulfide) groups is 1. The van der Waals surface area contributed by atoms with E-state index in [1.165, 1.54) is 39.9 Å². The Morgan fingerprint density at radius 1 is 1.06 bits per heavy atom. The lowest BCUT2D eigenvalue weighted by Crippen LogP contribution is -2.30. The first kappa shape index (κ1) is 22.3. The molecule has 0 aliphatic carbocycles. The molecule has 3 aromatic carbocycles. The lowest BCUT2D eigenvalue weighted by Gasteiger charge is -2.22. The molecule has 9 heteroatoms. The van der Waals surface area contributed by atoms with Gasteiger partial charge in [0, 0.05) is 17.0 Å². The van der Waals surface area contributed by atoms with Crippen molar-refractivity contribution in [3.63, 3.8) is 0 Å². The fourth-order valence-corrected chi connectivity index (χ4v) is 6.13. The van der Waals surface area contributed by atoms with E-state index in [1.54, 1.807) is 43.0 Å². The lowest BCUT2D eigenvalue weighted by molar-refractivity contribution is 0.102. The number of carbonyl (C=O) groups excluding carboxylic acids is 1. The molecule has 1 amide bonds. The first-order valence-electron chi connectivity index (χ1n) is 9.86. The summed E-state index contributed by atoms with van der Waals surface area (Å²) in [5.41, 5.74) is 1.78. The lowest BCUT2D eigenvalue weighted by atomic mass is 10.2. The van der Waals surface area contributed by atoms with Crippen LogP contribution in [0.2, 0.25) is 0 Å². The second-order valence-corrected chi connectivity index (χ2v) is 10.6. The van der Waals surface area contributed by atoms with Crippen molar-refractivity contribution in [2.45, 2.75) is 16.7 Å². The van der Waals surface area contributed by atoms with Gasteiger partial charge in [-0.1, -0.05) is 29.5 Å². The molecule has 6 nitrogen and oxygen atoms in total. The first-order valence-corrected chi connectivity index (χ1v) is 13.3. The Morgan fingerprint density at radius 2 is 1.78 bits per heavy atom. The summed E-state index contributed by atoms with van der Waals surface area (Å²) >= 11 is 3.05. The Labute approximate surface area is 195 Å². The number of benzene rings is 3. The van der Waals surface area contributed by atoms with Gasteiger partial charge in [0.25, 0.3) is 15.9 Å². The van der Waals surface area contributed by atoms with Crippen LogP contribution in [0.1, 0.15) is 17.3 Å². The zero-order valence-electron chi connectivity index (χ0n) is 17.5. The fourth-order valence-electron chi connectivity index (χ4n) is 3.25. The number of hydrogen-bond acceptors (Lipinski definition) is 6. The quantitative estimate of drug-likeness (QED) is 0.352. The summed E-state index contributed by atoms with van der Waals surface area (Å²) in [4.78, 5) is 18.4. The van der Waals surface area contributed by atoms with E-state index in [1.807, 2.05) is 30.5 Å². The summed E-state index contributed by atoms with van der Waals surface area (Å²) < 4.78 is 28.5. The highest BCUT2D eigenvalue weighted by molar-refractivity contribution is 7.98. The average molecular weight is 484 g/mol. The number of thiazole rings is 1. The number of amides is 1. The van der Waals surface area contributed by atoms with Crippen LogP contribution in [0.3, 0.4) is 0 Å². The standard InChI is InChI=1S/C23H21N3O3S3/c1-3-26(17-7-5-4-6-8-17)32(28,29)19-12-9-16(10-13-19)22(27)25-23-24-20-14-11-18(30-2)15-21(20)31-23/h4-15H,3H2,1-2H3,(H,24,25,27). The Kier molecular flexibility index (Phi) is 6.50. The second kappa shape index (κ2) is 9.32. The van der Waals surface area contributed by atoms with Crippen molar-refractivity contribution in [3.05, 3.63) is 78.4 Å². The van der Waals surface area contributed by atoms with Crippen LogP contribution in [0.25, 0.3) is 10.2 Å². The third-order valence-corrected chi connectivity index (χ3v) is 8.43. The maximum absolute atomic E-state index is 13.1. The predicted octanol–water partition coefficient (Wildman–Crippen LogP) is 5.49. The van der Waals surface area contributed by atoms with Crippen molar-refractivity contribution in [2.75, 3.05) is 22.4 Å². The maximum Gasteiger partial charge on any atom is 0.264 e. The van der Waals surface area contributed by atoms with E-state index in [4.69, 9.17) is 0 Å². The SMILES string of the molecule is CCN(c1ccccc1)S(=O)(=O)c1ccc(C(=O)Nc2nc3ccc(SC)cc3s2)cc1. The van der Waals surface area contributed by atoms with Gasteiger partial charge in [-0.3, -0.25) is 14.4 Å². The molecule has 0 fully saturated rings. The van der Waals surface area contributed by atoms with Crippen LogP contribution in [0.5, 0.6) is 0 Å². The van der Waals surface area contributed by atoms with Crippen molar-refractivity contribution in [1.82, 2.24) is 4.98 Å². The monoisotopic (exact) mass is 483 g/mol. The number of rotatable bonds is 7. The summed E-state index contributed by atoms with van der Waals surface area (Å²) in [6.07, 6.45) is 2.01. The van der Waals surface area contributed by atoms with Crippen molar-refractivity contribution in [1.29, 1.82) is 0 Å². The van der Waals surface area contributed by atoms with Crippen molar-refractivity contribution in [2.24, 2.45) is 0 Å². The summed E-state index contributed by atoms with van der Waals surface area (Å²) in [5, 5.41) is 3.31. The highest BCUT2D eigenvalue weighted by atomic mass is 32.2. The average Bonchev–Trinajstić information content (AvgIpc) is 3.21. The number of hydrogen-bond donors (Lipinski definition) is 1. The third kappa shape index (κ3) is 4.50. The molecule has 0 saturated heterocycles. The molecule has 0 saturated carbocycles. The molecule has 4 aromatic rings. The largest absolute Gasteiger partial charge is 0.298 e. The van der Waals surface area contributed by atoms with E-state index in [0.717, 1.165) is 15.1 Å². The van der Waals surface area contributed by atoms with Crippen LogP contribution in [0, 0.1) is 0 Å². The van der Waals surface area contributed by atoms with Gasteiger partial charge in [0.2, 0.25) is 0 Å². The van der Waals surface area contributed by atoms with Gasteiger partial charge in [0.15, 0.2) is 5.13 Å². The van der Waals surface area contributed by atoms with E-state index in [9.17, 15) is 13.2 Å². The van der Waals surface area contributed by atoms with Gasteiger partial charge in [0.05, 0.1) is 20.8 Å². The second-order valence-electron chi connectivity index (χ2n) is 6.84. The van der Waals surface area contributed by atoms with Gasteiger partial charge < -0.3 is 0 Å². The Balaban J connectivity index is 1.53. The molecule has 1 N–H and O–H groups in total. The molecule has 32 heavy (non-hydrogen) atoms. The van der Waals surface area contributed by atoms with Crippen LogP contribution in [0.4, 0.5) is 10.8 Å². The van der Waals surface area contributed by atoms with Gasteiger partial charge in [-0.15, -0.1) is 11.8 Å². The number of sulfonamides is 1. The third-order valence-electron chi connectivity index (χ3n) is 4.85. The van der Waals surface area contributed by atoms with Gasteiger partial charge >= 0.3 is 0 Å². The van der Waals surface area contributed by atoms with Crippen molar-refractivity contribution in [3.8, 4) is 0 Å². The van der Waals surface area contributed by atoms with E-state index in [-0.39, 0.29) is 10.8 Å². The number of nitrogens with one attached hydrogen (secondary N) is 1. The molecule has 4 rings (SSSR count). The molecule has 0 bridgehead atoms. The molecule has 0 aliphatic heterocycles. The van der Waals surface area contributed by atoms with Gasteiger partial charge in [-0.2, -0.15) is 0 Å². The van der Waals surface area contributed by atoms with Crippen LogP contribution < -0.4 is 9.62 Å². The van der Waals surface area contributed by atoms with Crippen molar-refractivity contribution >= 4 is 60.1 Å². The molecule has 164 valence electrons. The Hall–Kier alpha value is -2.88. The topological polar surface area (TPSA) is 79.4 Å². The van der Waals surface area contributed by atoms with Gasteiger partial charge in [-0.05, 0) is 67.8 Å². The normalized spacial score (nSPS) is 11.4. The molecule has 1 heterocycles. The summed E-state index contributed by atoms with van der Waals surface area (Å²) in [5.74, 6) is -0.339. The first-order chi connectivity index (χ1) is 15.4. The van der Waals surface area contributed by atoms with E-state index in [0.29, 0.717) is 22.9 Å². The molecular weight excluding hydrogens is 462 g/mol. The van der Waals surface area contributed by atoms with Crippen LogP contribution in [0.15, 0.2) is 82.6 Å². The van der Waals surface area contributed by atoms with Crippen LogP contribution in [-0.4, -0.2) is 32.1 Å². The number of carbonyl (C=O) groups is 1. The molecule has 1 aromatic heterocycles. The van der Waals surface area contributed by atoms with E-state index >= 15 is 0 Å². The zero-order chi connectivity index (χ0) is 22.7. The Bertz CT molecular complexity index is 1350. The van der Waals surface area contributed by atoms with Gasteiger partial charge in [-0.25, -0.2) is 13.4 Å². The summed E-state index contributed by atoms with van der Waals surface area (Å²) in [7, 11) is -3.74. The molecule has 0 radical (unpaired) electrons. The molecular formula is C23H21N3O3S3. The highest BCUT2D eigenvalue weighted by Gasteiger charge is 2.23. The highest BCUT2D eigenvalue weighted by Crippen LogP contribution is 2.30. The van der Waals surface area contributed by atoms with E-state index < -0.39 is 10.0 Å². The zero-order valence-corrected chi connectivity index (χ0v) is 19.9. The maximum atomic E-state index is 13.1. The number of aromatic nitrogens is 1. The molecule has 0 spiro atoms. The number of nitrogens with zero attached hydrogens (tertiary/aromatic N) is 2. The number of fused-ring (bicyclic) bond motifs is 1. The Morgan fingerprint density at radius 3 is 2.44 bits per heavy atom. The minimum atomic E-state index is -3.74. The molecule has 0 aliphatic rings. The van der Waals surface area contributed by atoms with E-state index in [2.05, 4.69) is 10.3 Å². The van der Waals surface area contributed by atoms with Crippen LogP contribution >= 0.6 is 23.1 Å². The minimum absolute atomic E-state index is 0.129. The van der Waals surface area contributed by atoms with Crippen LogP contribution in [-0.2, 0) is 10.0 Å². The predicted molar refractivity (Wildman–Crippen MR) is 132 cm³/mol. The molecule has 0 unspecified atom stereocenters. The van der Waals surface area contributed by atoms with Gasteiger partial charge in [0.1, 0.15) is 0 Å². The number of para-hydroxylation sites is 1. The minimum Gasteiger partial charge on any atom is -0.298 e. The fraction of sp³-hybridized carbons (Fsp3) is 0.130. The summed E-state index contributed by atoms with van der Waals surface area (Å²) in [6, 6.07) is 20.8. The number of anilines is 2.